The summed E-state index contributed by atoms with van der Waals surface area (Å²) in [5, 5.41) is 7.71. The highest BCUT2D eigenvalue weighted by Crippen LogP contribution is 2.31. The van der Waals surface area contributed by atoms with Crippen molar-refractivity contribution in [2.24, 2.45) is 13.0 Å². The number of aryl methyl sites for hydroxylation is 1. The van der Waals surface area contributed by atoms with Crippen LogP contribution >= 0.6 is 11.6 Å². The summed E-state index contributed by atoms with van der Waals surface area (Å²) in [6.07, 6.45) is 3.29. The van der Waals surface area contributed by atoms with Crippen LogP contribution < -0.4 is 15.6 Å². The quantitative estimate of drug-likeness (QED) is 0.594. The minimum Gasteiger partial charge on any atom is -0.490 e. The normalized spacial score (nSPS) is 12.9. The minimum absolute atomic E-state index is 0.0281. The summed E-state index contributed by atoms with van der Waals surface area (Å²) in [5.74, 6) is -4.62. The molecule has 0 aliphatic heterocycles. The van der Waals surface area contributed by atoms with Crippen LogP contribution in [0.2, 0.25) is 5.02 Å². The second-order valence-electron chi connectivity index (χ2n) is 7.76. The van der Waals surface area contributed by atoms with E-state index in [4.69, 9.17) is 16.3 Å². The minimum atomic E-state index is -3.47. The van der Waals surface area contributed by atoms with Crippen LogP contribution in [-0.2, 0) is 11.8 Å². The number of amides is 1. The molecule has 0 aliphatic carbocycles. The molecule has 31 heavy (non-hydrogen) atoms. The molecule has 2 heterocycles. The van der Waals surface area contributed by atoms with Gasteiger partial charge in [0.25, 0.3) is 5.91 Å². The highest BCUT2D eigenvalue weighted by Gasteiger charge is 2.34. The fraction of sp³-hybridized carbons (Fsp3) is 0.381. The number of nitrogens with one attached hydrogen (secondary N) is 1. The third-order valence-corrected chi connectivity index (χ3v) is 5.17. The highest BCUT2D eigenvalue weighted by atomic mass is 35.5. The molecule has 166 valence electrons. The van der Waals surface area contributed by atoms with Gasteiger partial charge < -0.3 is 14.6 Å². The zero-order valence-corrected chi connectivity index (χ0v) is 18.3. The Hall–Kier alpha value is -2.94. The molecular weight excluding hydrogens is 430 g/mol. The Kier molecular flexibility index (Phi) is 6.35. The van der Waals surface area contributed by atoms with Gasteiger partial charge in [-0.2, -0.15) is 13.9 Å². The van der Waals surface area contributed by atoms with Crippen molar-refractivity contribution in [2.45, 2.75) is 32.7 Å². The number of ether oxygens (including phenoxy) is 1. The van der Waals surface area contributed by atoms with Crippen LogP contribution in [0.3, 0.4) is 0 Å². The third kappa shape index (κ3) is 5.04. The van der Waals surface area contributed by atoms with Crippen molar-refractivity contribution >= 4 is 28.4 Å². The van der Waals surface area contributed by atoms with Gasteiger partial charge in [-0.25, -0.2) is 4.68 Å². The molecule has 1 unspecified atom stereocenters. The van der Waals surface area contributed by atoms with Crippen molar-refractivity contribution in [3.05, 3.63) is 52.0 Å². The van der Waals surface area contributed by atoms with Gasteiger partial charge in [0, 0.05) is 31.6 Å². The van der Waals surface area contributed by atoms with Gasteiger partial charge >= 0.3 is 5.92 Å². The first-order valence-corrected chi connectivity index (χ1v) is 10.0. The number of rotatable bonds is 7. The fourth-order valence-corrected chi connectivity index (χ4v) is 3.14. The number of halogens is 3. The van der Waals surface area contributed by atoms with Crippen LogP contribution in [0.1, 0.15) is 20.8 Å². The number of aromatic nitrogens is 3. The van der Waals surface area contributed by atoms with Gasteiger partial charge in [-0.3, -0.25) is 9.59 Å². The van der Waals surface area contributed by atoms with E-state index in [0.29, 0.717) is 28.9 Å². The van der Waals surface area contributed by atoms with Crippen molar-refractivity contribution in [1.82, 2.24) is 19.7 Å². The molecule has 0 spiro atoms. The summed E-state index contributed by atoms with van der Waals surface area (Å²) in [4.78, 5) is 23.3. The Morgan fingerprint density at radius 3 is 2.65 bits per heavy atom. The summed E-state index contributed by atoms with van der Waals surface area (Å²) in [5.41, 5.74) is 1.25. The van der Waals surface area contributed by atoms with Gasteiger partial charge in [0.05, 0.1) is 28.5 Å². The Morgan fingerprint density at radius 2 is 2.03 bits per heavy atom. The maximum absolute atomic E-state index is 13.2. The molecule has 2 aromatic heterocycles. The first-order chi connectivity index (χ1) is 14.5. The molecule has 1 amide bonds. The third-order valence-electron chi connectivity index (χ3n) is 4.87. The maximum Gasteiger partial charge on any atom is 0.321 e. The van der Waals surface area contributed by atoms with E-state index in [1.807, 2.05) is 0 Å². The molecule has 0 radical (unpaired) electrons. The van der Waals surface area contributed by atoms with Gasteiger partial charge in [0.2, 0.25) is 5.56 Å². The van der Waals surface area contributed by atoms with E-state index in [1.165, 1.54) is 10.6 Å². The van der Waals surface area contributed by atoms with E-state index >= 15 is 0 Å². The number of fused-ring (bicyclic) bond motifs is 1. The Morgan fingerprint density at radius 1 is 1.32 bits per heavy atom. The first kappa shape index (κ1) is 22.7. The van der Waals surface area contributed by atoms with Gasteiger partial charge in [-0.1, -0.05) is 25.4 Å². The number of hydrogen-bond donors (Lipinski definition) is 1. The maximum atomic E-state index is 13.2. The predicted octanol–water partition coefficient (Wildman–Crippen LogP) is 3.55. The fourth-order valence-electron chi connectivity index (χ4n) is 2.92. The summed E-state index contributed by atoms with van der Waals surface area (Å²) >= 11 is 6.39. The first-order valence-electron chi connectivity index (χ1n) is 9.63. The molecule has 0 saturated heterocycles. The van der Waals surface area contributed by atoms with Gasteiger partial charge in [0.1, 0.15) is 12.4 Å². The molecule has 3 aromatic rings. The second kappa shape index (κ2) is 8.66. The zero-order valence-electron chi connectivity index (χ0n) is 17.5. The molecule has 0 aliphatic rings. The molecule has 3 rings (SSSR count). The standard InChI is InChI=1S/C21H23ClF2N4O3/c1-12(2)16(26-20(30)21(3,23)24)11-31-18-7-13-9-25-28(17(13)8-15(18)22)14-5-6-19(29)27(4)10-14/h5-10,12,16H,11H2,1-4H3,(H,26,30). The van der Waals surface area contributed by atoms with Crippen molar-refractivity contribution in [1.29, 1.82) is 0 Å². The number of carbonyl (C=O) groups is 1. The van der Waals surface area contributed by atoms with Crippen LogP contribution in [-0.4, -0.2) is 38.8 Å². The van der Waals surface area contributed by atoms with Crippen LogP contribution in [0.25, 0.3) is 16.6 Å². The molecule has 1 atom stereocenters. The average molecular weight is 453 g/mol. The van der Waals surface area contributed by atoms with E-state index < -0.39 is 17.9 Å². The number of benzene rings is 1. The monoisotopic (exact) mass is 452 g/mol. The van der Waals surface area contributed by atoms with Crippen LogP contribution in [0.5, 0.6) is 5.75 Å². The molecule has 10 heteroatoms. The van der Waals surface area contributed by atoms with Crippen molar-refractivity contribution < 1.29 is 18.3 Å². The Bertz CT molecular complexity index is 1170. The van der Waals surface area contributed by atoms with Crippen LogP contribution in [0, 0.1) is 5.92 Å². The lowest BCUT2D eigenvalue weighted by molar-refractivity contribution is -0.144. The smallest absolute Gasteiger partial charge is 0.321 e. The lowest BCUT2D eigenvalue weighted by Crippen LogP contribution is -2.48. The molecule has 0 bridgehead atoms. The molecule has 7 nitrogen and oxygen atoms in total. The molecule has 0 fully saturated rings. The van der Waals surface area contributed by atoms with E-state index in [2.05, 4.69) is 10.4 Å². The number of carbonyl (C=O) groups excluding carboxylic acids is 1. The number of nitrogens with zero attached hydrogens (tertiary/aromatic N) is 3. The topological polar surface area (TPSA) is 78.2 Å². The average Bonchev–Trinajstić information content (AvgIpc) is 3.08. The van der Waals surface area contributed by atoms with Gasteiger partial charge in [0.15, 0.2) is 0 Å². The summed E-state index contributed by atoms with van der Waals surface area (Å²) in [6, 6.07) is 5.84. The van der Waals surface area contributed by atoms with Crippen molar-refractivity contribution in [2.75, 3.05) is 6.61 Å². The van der Waals surface area contributed by atoms with E-state index in [9.17, 15) is 18.4 Å². The highest BCUT2D eigenvalue weighted by molar-refractivity contribution is 6.32. The zero-order chi connectivity index (χ0) is 22.9. The molecule has 1 N–H and O–H groups in total. The molecular formula is C21H23ClF2N4O3. The van der Waals surface area contributed by atoms with E-state index in [0.717, 1.165) is 5.39 Å². The Balaban J connectivity index is 1.83. The number of alkyl halides is 2. The summed E-state index contributed by atoms with van der Waals surface area (Å²) < 4.78 is 35.3. The number of pyridine rings is 1. The second-order valence-corrected chi connectivity index (χ2v) is 8.16. The van der Waals surface area contributed by atoms with Crippen molar-refractivity contribution in [3.8, 4) is 11.4 Å². The van der Waals surface area contributed by atoms with E-state index in [1.54, 1.807) is 56.2 Å². The molecule has 1 aromatic carbocycles. The Labute approximate surface area is 182 Å². The van der Waals surface area contributed by atoms with Gasteiger partial charge in [-0.05, 0) is 24.1 Å². The number of hydrogen-bond acceptors (Lipinski definition) is 4. The predicted molar refractivity (Wildman–Crippen MR) is 114 cm³/mol. The summed E-state index contributed by atoms with van der Waals surface area (Å²) in [6.45, 7) is 4.11. The van der Waals surface area contributed by atoms with E-state index in [-0.39, 0.29) is 18.1 Å². The van der Waals surface area contributed by atoms with Crippen LogP contribution in [0.15, 0.2) is 41.5 Å². The van der Waals surface area contributed by atoms with Crippen LogP contribution in [0.4, 0.5) is 8.78 Å². The lowest BCUT2D eigenvalue weighted by atomic mass is 10.1. The van der Waals surface area contributed by atoms with Crippen molar-refractivity contribution in [3.63, 3.8) is 0 Å². The summed E-state index contributed by atoms with van der Waals surface area (Å²) in [7, 11) is 1.65. The van der Waals surface area contributed by atoms with Gasteiger partial charge in [-0.15, -0.1) is 0 Å². The lowest BCUT2D eigenvalue weighted by Gasteiger charge is -2.24. The largest absolute Gasteiger partial charge is 0.490 e. The molecule has 0 saturated carbocycles. The SMILES string of the molecule is CC(C)C(COc1cc2cnn(-c3ccc(=O)n(C)c3)c2cc1Cl)NC(=O)C(C)(F)F.